The third-order valence-electron chi connectivity index (χ3n) is 1.89. The Morgan fingerprint density at radius 1 is 1.23 bits per heavy atom. The first-order chi connectivity index (χ1) is 6.11. The Balaban J connectivity index is 2.91. The molecule has 0 amide bonds. The van der Waals surface area contributed by atoms with Crippen LogP contribution in [0.25, 0.3) is 0 Å². The molecule has 0 unspecified atom stereocenters. The normalized spacial score (nSPS) is 11.2. The van der Waals surface area contributed by atoms with Crippen LogP contribution in [0.5, 0.6) is 0 Å². The average molecular weight is 195 g/mol. The standard InChI is InChI=1S/C10H15O2Si/c1-8(2)7-9-5-3-4-6-10(9)13(11)12/h3-6,8,11-12H,7H2,1-2H3. The van der Waals surface area contributed by atoms with Crippen LogP contribution in [0.15, 0.2) is 24.3 Å². The zero-order chi connectivity index (χ0) is 9.84. The van der Waals surface area contributed by atoms with E-state index in [4.69, 9.17) is 0 Å². The molecule has 0 aliphatic heterocycles. The van der Waals surface area contributed by atoms with Gasteiger partial charge in [-0.15, -0.1) is 0 Å². The van der Waals surface area contributed by atoms with Gasteiger partial charge in [0, 0.05) is 0 Å². The van der Waals surface area contributed by atoms with E-state index in [0.29, 0.717) is 5.92 Å². The number of hydrogen-bond donors (Lipinski definition) is 2. The maximum absolute atomic E-state index is 9.17. The van der Waals surface area contributed by atoms with Crippen molar-refractivity contribution < 1.29 is 9.59 Å². The Morgan fingerprint density at radius 3 is 2.38 bits per heavy atom. The molecule has 1 aromatic rings. The maximum atomic E-state index is 9.17. The highest BCUT2D eigenvalue weighted by Gasteiger charge is 2.13. The fourth-order valence-electron chi connectivity index (χ4n) is 1.36. The summed E-state index contributed by atoms with van der Waals surface area (Å²) < 4.78 is 0. The predicted octanol–water partition coefficient (Wildman–Crippen LogP) is 0.565. The summed E-state index contributed by atoms with van der Waals surface area (Å²) in [6.07, 6.45) is 0.908. The lowest BCUT2D eigenvalue weighted by atomic mass is 10.0. The third kappa shape index (κ3) is 2.95. The van der Waals surface area contributed by atoms with Gasteiger partial charge in [0.15, 0.2) is 0 Å². The summed E-state index contributed by atoms with van der Waals surface area (Å²) in [5.41, 5.74) is 1.07. The van der Waals surface area contributed by atoms with Crippen LogP contribution in [0.4, 0.5) is 0 Å². The van der Waals surface area contributed by atoms with Crippen molar-refractivity contribution in [1.29, 1.82) is 0 Å². The second kappa shape index (κ2) is 4.55. The van der Waals surface area contributed by atoms with E-state index >= 15 is 0 Å². The van der Waals surface area contributed by atoms with Gasteiger partial charge in [0.1, 0.15) is 0 Å². The highest BCUT2D eigenvalue weighted by atomic mass is 28.3. The van der Waals surface area contributed by atoms with E-state index < -0.39 is 9.28 Å². The van der Waals surface area contributed by atoms with Gasteiger partial charge in [-0.3, -0.25) is 0 Å². The molecule has 0 bridgehead atoms. The summed E-state index contributed by atoms with van der Waals surface area (Å²) >= 11 is 0. The van der Waals surface area contributed by atoms with E-state index in [-0.39, 0.29) is 0 Å². The fraction of sp³-hybridized carbons (Fsp3) is 0.400. The molecule has 2 nitrogen and oxygen atoms in total. The van der Waals surface area contributed by atoms with Crippen molar-refractivity contribution >= 4 is 14.5 Å². The lowest BCUT2D eigenvalue weighted by Gasteiger charge is -2.10. The second-order valence-corrected chi connectivity index (χ2v) is 4.76. The second-order valence-electron chi connectivity index (χ2n) is 3.58. The van der Waals surface area contributed by atoms with E-state index in [1.807, 2.05) is 18.2 Å². The molecule has 0 heterocycles. The van der Waals surface area contributed by atoms with E-state index in [1.165, 1.54) is 0 Å². The van der Waals surface area contributed by atoms with Crippen molar-refractivity contribution in [2.75, 3.05) is 0 Å². The molecule has 0 saturated heterocycles. The molecule has 1 radical (unpaired) electrons. The topological polar surface area (TPSA) is 40.5 Å². The zero-order valence-electron chi connectivity index (χ0n) is 7.99. The van der Waals surface area contributed by atoms with Crippen LogP contribution in [0.2, 0.25) is 0 Å². The fourth-order valence-corrected chi connectivity index (χ4v) is 2.07. The number of benzene rings is 1. The summed E-state index contributed by atoms with van der Waals surface area (Å²) in [4.78, 5) is 18.3. The maximum Gasteiger partial charge on any atom is 0.418 e. The van der Waals surface area contributed by atoms with Crippen LogP contribution >= 0.6 is 0 Å². The highest BCUT2D eigenvalue weighted by molar-refractivity contribution is 6.59. The SMILES string of the molecule is CC(C)Cc1ccccc1[Si](O)O. The van der Waals surface area contributed by atoms with Crippen LogP contribution in [0, 0.1) is 5.92 Å². The van der Waals surface area contributed by atoms with Gasteiger partial charge in [-0.2, -0.15) is 0 Å². The smallest absolute Gasteiger partial charge is 0.406 e. The van der Waals surface area contributed by atoms with Crippen molar-refractivity contribution in [3.05, 3.63) is 29.8 Å². The summed E-state index contributed by atoms with van der Waals surface area (Å²) in [5.74, 6) is 0.544. The molecular weight excluding hydrogens is 180 g/mol. The molecule has 0 aliphatic carbocycles. The van der Waals surface area contributed by atoms with Gasteiger partial charge in [-0.25, -0.2) is 0 Å². The lowest BCUT2D eigenvalue weighted by Crippen LogP contribution is -2.33. The molecule has 1 rings (SSSR count). The Labute approximate surface area is 80.7 Å². The monoisotopic (exact) mass is 195 g/mol. The van der Waals surface area contributed by atoms with E-state index in [0.717, 1.165) is 17.2 Å². The van der Waals surface area contributed by atoms with Gasteiger partial charge < -0.3 is 9.59 Å². The lowest BCUT2D eigenvalue weighted by molar-refractivity contribution is 0.425. The molecular formula is C10H15O2Si. The van der Waals surface area contributed by atoms with Gasteiger partial charge in [0.2, 0.25) is 0 Å². The third-order valence-corrected chi connectivity index (χ3v) is 2.86. The molecule has 0 aromatic heterocycles. The van der Waals surface area contributed by atoms with Gasteiger partial charge in [0.25, 0.3) is 0 Å². The molecule has 1 aromatic carbocycles. The number of hydrogen-bond acceptors (Lipinski definition) is 2. The van der Waals surface area contributed by atoms with Gasteiger partial charge >= 0.3 is 9.28 Å². The molecule has 0 atom stereocenters. The first-order valence-electron chi connectivity index (χ1n) is 4.44. The van der Waals surface area contributed by atoms with Crippen molar-refractivity contribution in [2.24, 2.45) is 5.92 Å². The largest absolute Gasteiger partial charge is 0.418 e. The quantitative estimate of drug-likeness (QED) is 0.692. The van der Waals surface area contributed by atoms with Crippen LogP contribution in [0.1, 0.15) is 19.4 Å². The summed E-state index contributed by atoms with van der Waals surface area (Å²) in [6.45, 7) is 4.25. The Bertz CT molecular complexity index is 271. The van der Waals surface area contributed by atoms with E-state index in [9.17, 15) is 9.59 Å². The number of rotatable bonds is 3. The van der Waals surface area contributed by atoms with E-state index in [1.54, 1.807) is 6.07 Å². The zero-order valence-corrected chi connectivity index (χ0v) is 8.99. The first-order valence-corrected chi connectivity index (χ1v) is 5.84. The van der Waals surface area contributed by atoms with E-state index in [2.05, 4.69) is 13.8 Å². The van der Waals surface area contributed by atoms with Gasteiger partial charge in [-0.05, 0) is 23.1 Å². The molecule has 3 heteroatoms. The summed E-state index contributed by atoms with van der Waals surface area (Å²) in [6, 6.07) is 7.54. The Morgan fingerprint density at radius 2 is 1.85 bits per heavy atom. The summed E-state index contributed by atoms with van der Waals surface area (Å²) in [7, 11) is -2.29. The molecule has 0 spiro atoms. The van der Waals surface area contributed by atoms with Crippen LogP contribution in [-0.4, -0.2) is 18.9 Å². The Hall–Kier alpha value is -0.643. The molecule has 71 valence electrons. The van der Waals surface area contributed by atoms with Crippen molar-refractivity contribution in [3.63, 3.8) is 0 Å². The minimum Gasteiger partial charge on any atom is -0.406 e. The Kier molecular flexibility index (Phi) is 3.66. The van der Waals surface area contributed by atoms with Crippen LogP contribution < -0.4 is 5.19 Å². The minimum atomic E-state index is -2.29. The van der Waals surface area contributed by atoms with Crippen molar-refractivity contribution in [1.82, 2.24) is 0 Å². The van der Waals surface area contributed by atoms with Gasteiger partial charge in [0.05, 0.1) is 0 Å². The van der Waals surface area contributed by atoms with Crippen LogP contribution in [-0.2, 0) is 6.42 Å². The first kappa shape index (κ1) is 10.4. The molecule has 13 heavy (non-hydrogen) atoms. The molecule has 0 fully saturated rings. The molecule has 2 N–H and O–H groups in total. The highest BCUT2D eigenvalue weighted by Crippen LogP contribution is 2.05. The van der Waals surface area contributed by atoms with Crippen LogP contribution in [0.3, 0.4) is 0 Å². The summed E-state index contributed by atoms with van der Waals surface area (Å²) in [5, 5.41) is 0.723. The molecule has 0 aliphatic rings. The predicted molar refractivity (Wildman–Crippen MR) is 54.8 cm³/mol. The molecule has 0 saturated carbocycles. The van der Waals surface area contributed by atoms with Gasteiger partial charge in [-0.1, -0.05) is 38.1 Å². The van der Waals surface area contributed by atoms with Crippen molar-refractivity contribution in [3.8, 4) is 0 Å². The van der Waals surface area contributed by atoms with Crippen molar-refractivity contribution in [2.45, 2.75) is 20.3 Å². The average Bonchev–Trinajstić information content (AvgIpc) is 2.03. The minimum absolute atomic E-state index is 0.544.